The second kappa shape index (κ2) is 7.04. The summed E-state index contributed by atoms with van der Waals surface area (Å²) < 4.78 is 15.8. The lowest BCUT2D eigenvalue weighted by Crippen LogP contribution is -2.45. The number of pyridine rings is 1. The number of fused-ring (bicyclic) bond motifs is 5. The number of hydrogen-bond donors (Lipinski definition) is 1. The fraction of sp³-hybridized carbons (Fsp3) is 0.240. The minimum atomic E-state index is -0.176. The lowest BCUT2D eigenvalue weighted by Gasteiger charge is -2.35. The number of hydrogen-bond acceptors (Lipinski definition) is 4. The molecular weight excluding hydrogens is 407 g/mol. The Hall–Kier alpha value is -2.96. The Kier molecular flexibility index (Phi) is 4.26. The fourth-order valence-corrected chi connectivity index (χ4v) is 5.52. The van der Waals surface area contributed by atoms with Gasteiger partial charge in [0, 0.05) is 64.5 Å². The molecule has 2 aromatic carbocycles. The van der Waals surface area contributed by atoms with Crippen molar-refractivity contribution in [3.05, 3.63) is 59.4 Å². The van der Waals surface area contributed by atoms with Crippen LogP contribution < -0.4 is 4.90 Å². The number of aromatic amines is 1. The molecule has 3 aromatic heterocycles. The van der Waals surface area contributed by atoms with Gasteiger partial charge in [0.1, 0.15) is 5.82 Å². The summed E-state index contributed by atoms with van der Waals surface area (Å²) in [5.41, 5.74) is 5.65. The van der Waals surface area contributed by atoms with E-state index in [1.165, 1.54) is 5.56 Å². The Balaban J connectivity index is 1.68. The maximum absolute atomic E-state index is 15.8. The Labute approximate surface area is 183 Å². The first-order valence-corrected chi connectivity index (χ1v) is 11.5. The molecule has 1 N–H and O–H groups in total. The van der Waals surface area contributed by atoms with Gasteiger partial charge >= 0.3 is 0 Å². The van der Waals surface area contributed by atoms with Gasteiger partial charge in [-0.15, -0.1) is 11.3 Å². The van der Waals surface area contributed by atoms with E-state index in [1.807, 2.05) is 17.6 Å². The van der Waals surface area contributed by atoms with E-state index in [-0.39, 0.29) is 5.82 Å². The Morgan fingerprint density at radius 3 is 2.65 bits per heavy atom. The summed E-state index contributed by atoms with van der Waals surface area (Å²) in [5, 5.41) is 5.05. The summed E-state index contributed by atoms with van der Waals surface area (Å²) >= 11 is 1.64. The Bertz CT molecular complexity index is 1430. The molecule has 0 aliphatic carbocycles. The van der Waals surface area contributed by atoms with Crippen molar-refractivity contribution in [2.75, 3.05) is 38.1 Å². The van der Waals surface area contributed by atoms with Crippen molar-refractivity contribution in [1.82, 2.24) is 14.9 Å². The number of nitrogens with zero attached hydrogens (tertiary/aromatic N) is 3. The van der Waals surface area contributed by atoms with Crippen LogP contribution in [0, 0.1) is 12.7 Å². The maximum atomic E-state index is 15.8. The van der Waals surface area contributed by atoms with Crippen LogP contribution in [0.25, 0.3) is 43.1 Å². The Morgan fingerprint density at radius 1 is 1.03 bits per heavy atom. The predicted molar refractivity (Wildman–Crippen MR) is 129 cm³/mol. The molecule has 4 nitrogen and oxygen atoms in total. The molecular formula is C25H23FN4S. The molecule has 4 heterocycles. The van der Waals surface area contributed by atoms with E-state index in [2.05, 4.69) is 53.0 Å². The van der Waals surface area contributed by atoms with Gasteiger partial charge in [0.05, 0.1) is 16.7 Å². The number of anilines is 1. The van der Waals surface area contributed by atoms with E-state index < -0.39 is 0 Å². The van der Waals surface area contributed by atoms with Gasteiger partial charge < -0.3 is 14.8 Å². The molecule has 6 rings (SSSR count). The van der Waals surface area contributed by atoms with E-state index >= 15 is 4.39 Å². The zero-order valence-electron chi connectivity index (χ0n) is 17.6. The lowest BCUT2D eigenvalue weighted by molar-refractivity contribution is 0.312. The van der Waals surface area contributed by atoms with E-state index in [4.69, 9.17) is 4.98 Å². The monoisotopic (exact) mass is 430 g/mol. The van der Waals surface area contributed by atoms with Crippen molar-refractivity contribution in [2.45, 2.75) is 6.92 Å². The normalized spacial score (nSPS) is 15.5. The predicted octanol–water partition coefficient (Wildman–Crippen LogP) is 5.80. The van der Waals surface area contributed by atoms with E-state index in [1.54, 1.807) is 17.4 Å². The quantitative estimate of drug-likeness (QED) is 0.385. The summed E-state index contributed by atoms with van der Waals surface area (Å²) in [7, 11) is 2.12. The van der Waals surface area contributed by atoms with E-state index in [0.717, 1.165) is 69.3 Å². The zero-order valence-corrected chi connectivity index (χ0v) is 18.4. The van der Waals surface area contributed by atoms with Gasteiger partial charge in [0.25, 0.3) is 0 Å². The van der Waals surface area contributed by atoms with Gasteiger partial charge in [0.15, 0.2) is 0 Å². The van der Waals surface area contributed by atoms with Crippen LogP contribution in [0.2, 0.25) is 0 Å². The second-order valence-corrected chi connectivity index (χ2v) is 9.41. The molecule has 31 heavy (non-hydrogen) atoms. The third-order valence-electron chi connectivity index (χ3n) is 6.40. The highest BCUT2D eigenvalue weighted by atomic mass is 32.1. The van der Waals surface area contributed by atoms with Gasteiger partial charge in [-0.05, 0) is 43.6 Å². The third kappa shape index (κ3) is 2.93. The van der Waals surface area contributed by atoms with Crippen molar-refractivity contribution >= 4 is 49.7 Å². The molecule has 5 aromatic rings. The van der Waals surface area contributed by atoms with Crippen LogP contribution in [0.4, 0.5) is 10.1 Å². The lowest BCUT2D eigenvalue weighted by atomic mass is 10.0. The molecule has 156 valence electrons. The first-order chi connectivity index (χ1) is 15.1. The van der Waals surface area contributed by atoms with Crippen LogP contribution in [0.1, 0.15) is 5.56 Å². The smallest absolute Gasteiger partial charge is 0.147 e. The average molecular weight is 431 g/mol. The molecule has 1 saturated heterocycles. The molecule has 1 aliphatic rings. The molecule has 1 aliphatic heterocycles. The van der Waals surface area contributed by atoms with Crippen LogP contribution in [-0.2, 0) is 0 Å². The summed E-state index contributed by atoms with van der Waals surface area (Å²) in [4.78, 5) is 14.0. The van der Waals surface area contributed by atoms with E-state index in [0.29, 0.717) is 5.69 Å². The van der Waals surface area contributed by atoms with Crippen molar-refractivity contribution in [1.29, 1.82) is 0 Å². The van der Waals surface area contributed by atoms with Gasteiger partial charge in [0.2, 0.25) is 0 Å². The maximum Gasteiger partial charge on any atom is 0.147 e. The number of rotatable bonds is 2. The molecule has 0 bridgehead atoms. The number of aromatic nitrogens is 2. The standard InChI is InChI=1S/C25H23FN4S/c1-15-5-6-20-16(12-15)18-14-27-24-17(23(18)28-20)13-19(26)25(22(24)21-4-3-11-31-21)30-9-7-29(2)8-10-30/h3-6,11-14,28H,7-10H2,1-2H3. The molecule has 6 heteroatoms. The number of halogens is 1. The van der Waals surface area contributed by atoms with E-state index in [9.17, 15) is 0 Å². The summed E-state index contributed by atoms with van der Waals surface area (Å²) in [6, 6.07) is 12.1. The van der Waals surface area contributed by atoms with Gasteiger partial charge in [-0.1, -0.05) is 17.7 Å². The zero-order chi connectivity index (χ0) is 21.1. The number of likely N-dealkylation sites (N-methyl/N-ethyl adjacent to an activating group) is 1. The number of nitrogens with one attached hydrogen (secondary N) is 1. The van der Waals surface area contributed by atoms with Crippen LogP contribution >= 0.6 is 11.3 Å². The van der Waals surface area contributed by atoms with Crippen LogP contribution in [0.15, 0.2) is 48.0 Å². The van der Waals surface area contributed by atoms with Gasteiger partial charge in [-0.3, -0.25) is 4.98 Å². The average Bonchev–Trinajstić information content (AvgIpc) is 3.42. The minimum absolute atomic E-state index is 0.176. The first-order valence-electron chi connectivity index (χ1n) is 10.6. The number of H-pyrrole nitrogens is 1. The van der Waals surface area contributed by atoms with Crippen molar-refractivity contribution in [3.63, 3.8) is 0 Å². The molecule has 0 spiro atoms. The summed E-state index contributed by atoms with van der Waals surface area (Å²) in [6.07, 6.45) is 1.94. The molecule has 0 atom stereocenters. The number of aryl methyl sites for hydroxylation is 1. The third-order valence-corrected chi connectivity index (χ3v) is 7.29. The fourth-order valence-electron chi connectivity index (χ4n) is 4.75. The summed E-state index contributed by atoms with van der Waals surface area (Å²) in [6.45, 7) is 5.56. The minimum Gasteiger partial charge on any atom is -0.366 e. The largest absolute Gasteiger partial charge is 0.366 e. The van der Waals surface area contributed by atoms with Crippen molar-refractivity contribution in [3.8, 4) is 10.4 Å². The number of piperazine rings is 1. The first kappa shape index (κ1) is 18.8. The van der Waals surface area contributed by atoms with Crippen LogP contribution in [0.3, 0.4) is 0 Å². The van der Waals surface area contributed by atoms with Crippen LogP contribution in [-0.4, -0.2) is 48.1 Å². The van der Waals surface area contributed by atoms with Crippen molar-refractivity contribution in [2.24, 2.45) is 0 Å². The topological polar surface area (TPSA) is 35.2 Å². The SMILES string of the molecule is Cc1ccc2[nH]c3c4cc(F)c(N5CCN(C)CC5)c(-c5cccs5)c4ncc3c2c1. The molecule has 0 radical (unpaired) electrons. The Morgan fingerprint density at radius 2 is 1.87 bits per heavy atom. The molecule has 0 unspecified atom stereocenters. The van der Waals surface area contributed by atoms with Gasteiger partial charge in [-0.25, -0.2) is 4.39 Å². The summed E-state index contributed by atoms with van der Waals surface area (Å²) in [5.74, 6) is -0.176. The van der Waals surface area contributed by atoms with Crippen LogP contribution in [0.5, 0.6) is 0 Å². The molecule has 1 fully saturated rings. The molecule has 0 amide bonds. The highest BCUT2D eigenvalue weighted by Crippen LogP contribution is 2.43. The highest BCUT2D eigenvalue weighted by Gasteiger charge is 2.25. The van der Waals surface area contributed by atoms with Crippen molar-refractivity contribution < 1.29 is 4.39 Å². The highest BCUT2D eigenvalue weighted by molar-refractivity contribution is 7.13. The van der Waals surface area contributed by atoms with Gasteiger partial charge in [-0.2, -0.15) is 0 Å². The number of benzene rings is 2. The molecule has 0 saturated carbocycles. The second-order valence-electron chi connectivity index (χ2n) is 8.47. The number of thiophene rings is 1.